The van der Waals surface area contributed by atoms with Crippen molar-refractivity contribution in [3.05, 3.63) is 0 Å². The van der Waals surface area contributed by atoms with Gasteiger partial charge in [0.2, 0.25) is 0 Å². The maximum atomic E-state index is 13.1. The topological polar surface area (TPSA) is 237 Å². The SMILES string of the molecule is CCCCCCCCCCCCCCCCCCCC(=O)OC[C@H](COP(=O)(O)OC[C@@H](O)COP(=O)(O)OC[C@@H](COC(=O)CCCCCCC)OC(=O)CCCCCCCCCCCCCCCC)OC(=O)CCCCCCCCCCCCCCCCCCCCC(C)C. The fourth-order valence-corrected chi connectivity index (χ4v) is 13.6. The van der Waals surface area contributed by atoms with Gasteiger partial charge in [-0.1, -0.05) is 362 Å². The molecule has 0 aromatic heterocycles. The van der Waals surface area contributed by atoms with Gasteiger partial charge in [-0.25, -0.2) is 9.13 Å². The molecule has 0 rings (SSSR count). The minimum absolute atomic E-state index is 0.107. The second kappa shape index (κ2) is 71.1. The van der Waals surface area contributed by atoms with Crippen molar-refractivity contribution in [3.8, 4) is 0 Å². The molecule has 0 aromatic rings. The van der Waals surface area contributed by atoms with Gasteiger partial charge in [0.1, 0.15) is 19.3 Å². The second-order valence-corrected chi connectivity index (χ2v) is 31.5. The normalized spacial score (nSPS) is 13.9. The minimum atomic E-state index is -4.96. The Labute approximate surface area is 594 Å². The molecule has 0 bridgehead atoms. The predicted octanol–water partition coefficient (Wildman–Crippen LogP) is 23.3. The third-order valence-corrected chi connectivity index (χ3v) is 20.2. The third kappa shape index (κ3) is 72.2. The molecule has 0 aliphatic carbocycles. The molecule has 0 saturated heterocycles. The largest absolute Gasteiger partial charge is 0.472 e. The van der Waals surface area contributed by atoms with Crippen molar-refractivity contribution < 1.29 is 80.2 Å². The van der Waals surface area contributed by atoms with E-state index in [1.807, 2.05) is 0 Å². The molecule has 5 atom stereocenters. The van der Waals surface area contributed by atoms with Gasteiger partial charge >= 0.3 is 39.5 Å². The number of rotatable bonds is 78. The summed E-state index contributed by atoms with van der Waals surface area (Å²) in [6.07, 6.45) is 61.5. The van der Waals surface area contributed by atoms with Gasteiger partial charge in [0, 0.05) is 25.7 Å². The van der Waals surface area contributed by atoms with Gasteiger partial charge in [-0.15, -0.1) is 0 Å². The fourth-order valence-electron chi connectivity index (χ4n) is 12.1. The Morgan fingerprint density at radius 3 is 0.701 bits per heavy atom. The Morgan fingerprint density at radius 2 is 0.474 bits per heavy atom. The number of phosphoric ester groups is 2. The summed E-state index contributed by atoms with van der Waals surface area (Å²) < 4.78 is 68.4. The van der Waals surface area contributed by atoms with Crippen molar-refractivity contribution in [2.24, 2.45) is 5.92 Å². The minimum Gasteiger partial charge on any atom is -0.462 e. The van der Waals surface area contributed by atoms with E-state index in [0.29, 0.717) is 25.7 Å². The number of aliphatic hydroxyl groups is 1. The molecule has 97 heavy (non-hydrogen) atoms. The number of carbonyl (C=O) groups is 4. The molecule has 576 valence electrons. The zero-order chi connectivity index (χ0) is 71.2. The molecule has 0 aliphatic heterocycles. The average Bonchev–Trinajstić information content (AvgIpc) is 2.20. The first-order chi connectivity index (χ1) is 47.0. The molecule has 0 amide bonds. The standard InChI is InChI=1S/C78H152O17P2/c1-6-9-12-15-17-19-21-23-25-28-32-36-39-43-47-52-57-62-76(81)89-68-74(95-78(83)64-59-54-49-45-41-37-33-30-27-26-29-31-34-38-42-46-51-55-60-71(4)5)70-93-97(86,87)91-66-72(79)65-90-96(84,85)92-69-73(67-88-75(80)61-56-50-14-11-8-3)94-77(82)63-58-53-48-44-40-35-24-22-20-18-16-13-10-7-2/h71-74,79H,6-70H2,1-5H3,(H,84,85)(H,86,87)/t72-,73+,74+/m0/s1. The lowest BCUT2D eigenvalue weighted by molar-refractivity contribution is -0.161. The predicted molar refractivity (Wildman–Crippen MR) is 395 cm³/mol. The number of phosphoric acid groups is 2. The van der Waals surface area contributed by atoms with Crippen LogP contribution in [0.15, 0.2) is 0 Å². The molecule has 3 N–H and O–H groups in total. The summed E-state index contributed by atoms with van der Waals surface area (Å²) >= 11 is 0. The van der Waals surface area contributed by atoms with Gasteiger partial charge in [-0.05, 0) is 31.6 Å². The molecule has 0 spiro atoms. The van der Waals surface area contributed by atoms with Crippen LogP contribution in [0.5, 0.6) is 0 Å². The molecule has 17 nitrogen and oxygen atoms in total. The van der Waals surface area contributed by atoms with E-state index in [4.69, 9.17) is 37.0 Å². The maximum Gasteiger partial charge on any atom is 0.472 e. The van der Waals surface area contributed by atoms with Crippen LogP contribution in [-0.2, 0) is 65.4 Å². The highest BCUT2D eigenvalue weighted by Gasteiger charge is 2.30. The van der Waals surface area contributed by atoms with E-state index >= 15 is 0 Å². The number of aliphatic hydroxyl groups excluding tert-OH is 1. The van der Waals surface area contributed by atoms with Crippen LogP contribution in [0.1, 0.15) is 413 Å². The highest BCUT2D eigenvalue weighted by molar-refractivity contribution is 7.47. The zero-order valence-corrected chi connectivity index (χ0v) is 65.0. The Balaban J connectivity index is 5.12. The summed E-state index contributed by atoms with van der Waals surface area (Å²) in [7, 11) is -9.90. The first kappa shape index (κ1) is 95.1. The van der Waals surface area contributed by atoms with Gasteiger partial charge in [0.15, 0.2) is 12.2 Å². The quantitative estimate of drug-likeness (QED) is 0.0222. The van der Waals surface area contributed by atoms with Crippen LogP contribution in [0, 0.1) is 5.92 Å². The number of unbranched alkanes of at least 4 members (excludes halogenated alkanes) is 50. The van der Waals surface area contributed by atoms with Crippen molar-refractivity contribution in [1.82, 2.24) is 0 Å². The number of hydrogen-bond donors (Lipinski definition) is 3. The summed E-state index contributed by atoms with van der Waals surface area (Å²) in [6, 6.07) is 0. The van der Waals surface area contributed by atoms with Crippen molar-refractivity contribution >= 4 is 39.5 Å². The molecule has 0 heterocycles. The lowest BCUT2D eigenvalue weighted by atomic mass is 10.0. The Morgan fingerprint density at radius 1 is 0.278 bits per heavy atom. The number of esters is 4. The first-order valence-electron chi connectivity index (χ1n) is 40.6. The molecule has 0 radical (unpaired) electrons. The number of hydrogen-bond acceptors (Lipinski definition) is 15. The summed E-state index contributed by atoms with van der Waals surface area (Å²) in [5.41, 5.74) is 0. The van der Waals surface area contributed by atoms with Gasteiger partial charge in [-0.2, -0.15) is 0 Å². The smallest absolute Gasteiger partial charge is 0.462 e. The van der Waals surface area contributed by atoms with Crippen LogP contribution in [0.25, 0.3) is 0 Å². The van der Waals surface area contributed by atoms with Crippen molar-refractivity contribution in [1.29, 1.82) is 0 Å². The van der Waals surface area contributed by atoms with Gasteiger partial charge in [0.05, 0.1) is 26.4 Å². The Bertz CT molecular complexity index is 1860. The van der Waals surface area contributed by atoms with E-state index < -0.39 is 97.5 Å². The van der Waals surface area contributed by atoms with Crippen LogP contribution in [0.4, 0.5) is 0 Å². The highest BCUT2D eigenvalue weighted by atomic mass is 31.2. The summed E-state index contributed by atoms with van der Waals surface area (Å²) in [6.45, 7) is 7.26. The Kier molecular flexibility index (Phi) is 69.6. The second-order valence-electron chi connectivity index (χ2n) is 28.6. The van der Waals surface area contributed by atoms with Gasteiger partial charge < -0.3 is 33.8 Å². The van der Waals surface area contributed by atoms with E-state index in [2.05, 4.69) is 34.6 Å². The van der Waals surface area contributed by atoms with Gasteiger partial charge in [-0.3, -0.25) is 37.3 Å². The Hall–Kier alpha value is -1.94. The molecule has 19 heteroatoms. The maximum absolute atomic E-state index is 13.1. The van der Waals surface area contributed by atoms with E-state index in [0.717, 1.165) is 102 Å². The summed E-state index contributed by atoms with van der Waals surface area (Å²) in [5.74, 6) is -1.30. The lowest BCUT2D eigenvalue weighted by Gasteiger charge is -2.21. The summed E-state index contributed by atoms with van der Waals surface area (Å²) in [4.78, 5) is 72.6. The van der Waals surface area contributed by atoms with Crippen molar-refractivity contribution in [2.75, 3.05) is 39.6 Å². The fraction of sp³-hybridized carbons (Fsp3) is 0.949. The van der Waals surface area contributed by atoms with Crippen LogP contribution in [0.3, 0.4) is 0 Å². The van der Waals surface area contributed by atoms with Crippen LogP contribution in [-0.4, -0.2) is 96.7 Å². The van der Waals surface area contributed by atoms with Gasteiger partial charge in [0.25, 0.3) is 0 Å². The molecule has 0 saturated carbocycles. The summed E-state index contributed by atoms with van der Waals surface area (Å²) in [5, 5.41) is 10.6. The monoisotopic (exact) mass is 1420 g/mol. The van der Waals surface area contributed by atoms with E-state index in [9.17, 15) is 43.2 Å². The molecular weight excluding hydrogens is 1270 g/mol. The van der Waals surface area contributed by atoms with E-state index in [-0.39, 0.29) is 25.7 Å². The lowest BCUT2D eigenvalue weighted by Crippen LogP contribution is -2.30. The van der Waals surface area contributed by atoms with E-state index in [1.54, 1.807) is 0 Å². The molecule has 0 aromatic carbocycles. The molecule has 0 aliphatic rings. The molecule has 2 unspecified atom stereocenters. The van der Waals surface area contributed by atoms with Crippen LogP contribution < -0.4 is 0 Å². The van der Waals surface area contributed by atoms with Crippen molar-refractivity contribution in [3.63, 3.8) is 0 Å². The van der Waals surface area contributed by atoms with Crippen molar-refractivity contribution in [2.45, 2.75) is 432 Å². The van der Waals surface area contributed by atoms with Crippen LogP contribution >= 0.6 is 15.6 Å². The number of ether oxygens (including phenoxy) is 4. The average molecular weight is 1420 g/mol. The molecule has 0 fully saturated rings. The highest BCUT2D eigenvalue weighted by Crippen LogP contribution is 2.45. The number of carbonyl (C=O) groups excluding carboxylic acids is 4. The first-order valence-corrected chi connectivity index (χ1v) is 43.6. The molecular formula is C78H152O17P2. The van der Waals surface area contributed by atoms with Crippen LogP contribution in [0.2, 0.25) is 0 Å². The zero-order valence-electron chi connectivity index (χ0n) is 63.2. The third-order valence-electron chi connectivity index (χ3n) is 18.3. The van der Waals surface area contributed by atoms with E-state index in [1.165, 1.54) is 231 Å².